The van der Waals surface area contributed by atoms with Crippen LogP contribution in [0.5, 0.6) is 0 Å². The van der Waals surface area contributed by atoms with Crippen molar-refractivity contribution in [1.82, 2.24) is 0 Å². The number of allylic oxidation sites excluding steroid dienone is 4. The average Bonchev–Trinajstić information content (AvgIpc) is 2.92. The van der Waals surface area contributed by atoms with Gasteiger partial charge in [0.1, 0.15) is 10.6 Å². The van der Waals surface area contributed by atoms with Crippen LogP contribution in [0.4, 0.5) is 5.69 Å². The zero-order chi connectivity index (χ0) is 17.6. The molecule has 1 amide bonds. The van der Waals surface area contributed by atoms with Crippen LogP contribution in [0.3, 0.4) is 0 Å². The Hall–Kier alpha value is -3.26. The molecule has 8 heteroatoms. The van der Waals surface area contributed by atoms with Gasteiger partial charge in [0.25, 0.3) is 5.91 Å². The van der Waals surface area contributed by atoms with Crippen molar-refractivity contribution in [3.8, 4) is 0 Å². The minimum Gasteiger partial charge on any atom is -0.321 e. The fourth-order valence-corrected chi connectivity index (χ4v) is 3.66. The summed E-state index contributed by atoms with van der Waals surface area (Å²) in [7, 11) is -4.20. The molecular formula is C17H10N2O5S. The number of oxime groups is 1. The minimum absolute atomic E-state index is 0.0891. The van der Waals surface area contributed by atoms with E-state index >= 15 is 0 Å². The number of nitrogens with one attached hydrogen (secondary N) is 1. The monoisotopic (exact) mass is 354 g/mol. The summed E-state index contributed by atoms with van der Waals surface area (Å²) < 4.78 is 29.8. The summed E-state index contributed by atoms with van der Waals surface area (Å²) >= 11 is 0. The highest BCUT2D eigenvalue weighted by Crippen LogP contribution is 2.36. The lowest BCUT2D eigenvalue weighted by atomic mass is 10.1. The van der Waals surface area contributed by atoms with E-state index in [-0.39, 0.29) is 22.3 Å². The number of ketones is 1. The Kier molecular flexibility index (Phi) is 3.29. The van der Waals surface area contributed by atoms with Crippen molar-refractivity contribution in [3.05, 3.63) is 60.2 Å². The summed E-state index contributed by atoms with van der Waals surface area (Å²) in [5, 5.41) is 7.16. The molecule has 0 saturated heterocycles. The molecule has 25 heavy (non-hydrogen) atoms. The van der Waals surface area contributed by atoms with Crippen molar-refractivity contribution in [3.63, 3.8) is 0 Å². The van der Waals surface area contributed by atoms with Gasteiger partial charge in [-0.15, -0.1) is 0 Å². The maximum Gasteiger partial charge on any atom is 0.359 e. The highest BCUT2D eigenvalue weighted by molar-refractivity contribution is 7.87. The summed E-state index contributed by atoms with van der Waals surface area (Å²) in [5.74, 6) is -0.495. The predicted molar refractivity (Wildman–Crippen MR) is 90.9 cm³/mol. The number of anilines is 1. The van der Waals surface area contributed by atoms with Crippen molar-refractivity contribution in [2.45, 2.75) is 4.90 Å². The Balaban J connectivity index is 1.77. The first-order valence-corrected chi connectivity index (χ1v) is 8.65. The summed E-state index contributed by atoms with van der Waals surface area (Å²) in [6.07, 6.45) is 5.22. The minimum atomic E-state index is -4.20. The van der Waals surface area contributed by atoms with E-state index in [1.165, 1.54) is 36.4 Å². The van der Waals surface area contributed by atoms with E-state index in [0.717, 1.165) is 0 Å². The van der Waals surface area contributed by atoms with Gasteiger partial charge in [-0.3, -0.25) is 13.9 Å². The SMILES string of the molecule is O=C1C=CC(=NOS(=O)(=O)c2ccc3c4c(cccc24)C(=O)N3)C=C1. The number of carbonyl (C=O) groups excluding carboxylic acids is 2. The highest BCUT2D eigenvalue weighted by atomic mass is 32.2. The van der Waals surface area contributed by atoms with Gasteiger partial charge < -0.3 is 5.32 Å². The molecule has 0 spiro atoms. The molecule has 1 aliphatic carbocycles. The maximum absolute atomic E-state index is 12.5. The smallest absolute Gasteiger partial charge is 0.321 e. The first-order valence-electron chi connectivity index (χ1n) is 7.24. The second-order valence-electron chi connectivity index (χ2n) is 5.41. The summed E-state index contributed by atoms with van der Waals surface area (Å²) in [4.78, 5) is 22.9. The third kappa shape index (κ3) is 2.52. The Morgan fingerprint density at radius 2 is 1.72 bits per heavy atom. The molecular weight excluding hydrogens is 344 g/mol. The Morgan fingerprint density at radius 1 is 0.960 bits per heavy atom. The largest absolute Gasteiger partial charge is 0.359 e. The zero-order valence-electron chi connectivity index (χ0n) is 12.6. The van der Waals surface area contributed by atoms with Gasteiger partial charge in [-0.05, 0) is 42.5 Å². The van der Waals surface area contributed by atoms with Crippen molar-refractivity contribution >= 4 is 44.0 Å². The lowest BCUT2D eigenvalue weighted by Crippen LogP contribution is -2.06. The molecule has 124 valence electrons. The molecule has 0 fully saturated rings. The molecule has 0 unspecified atom stereocenters. The van der Waals surface area contributed by atoms with Gasteiger partial charge >= 0.3 is 10.1 Å². The van der Waals surface area contributed by atoms with Crippen LogP contribution in [0, 0.1) is 0 Å². The maximum atomic E-state index is 12.5. The van der Waals surface area contributed by atoms with Crippen LogP contribution >= 0.6 is 0 Å². The molecule has 1 aliphatic heterocycles. The lowest BCUT2D eigenvalue weighted by Gasteiger charge is -2.07. The molecule has 0 aromatic heterocycles. The van der Waals surface area contributed by atoms with E-state index in [9.17, 15) is 18.0 Å². The van der Waals surface area contributed by atoms with Crippen LogP contribution in [0.25, 0.3) is 10.8 Å². The summed E-state index contributed by atoms with van der Waals surface area (Å²) in [6, 6.07) is 7.71. The molecule has 7 nitrogen and oxygen atoms in total. The summed E-state index contributed by atoms with van der Waals surface area (Å²) in [5.41, 5.74) is 1.16. The standard InChI is InChI=1S/C17H10N2O5S/c20-11-6-4-10(5-7-11)19-24-25(22,23)15-9-8-14-16-12(15)2-1-3-13(16)17(21)18-14/h1-9H,(H,18,21). The molecule has 1 N–H and O–H groups in total. The molecule has 0 atom stereocenters. The molecule has 0 saturated carbocycles. The van der Waals surface area contributed by atoms with Gasteiger partial charge in [0.15, 0.2) is 5.78 Å². The normalized spacial score (nSPS) is 15.6. The van der Waals surface area contributed by atoms with E-state index in [0.29, 0.717) is 22.0 Å². The number of rotatable bonds is 3. The molecule has 0 radical (unpaired) electrons. The molecule has 1 heterocycles. The van der Waals surface area contributed by atoms with E-state index < -0.39 is 10.1 Å². The van der Waals surface area contributed by atoms with Crippen LogP contribution in [0.15, 0.2) is 64.7 Å². The second kappa shape index (κ2) is 5.38. The number of benzene rings is 2. The van der Waals surface area contributed by atoms with Crippen LogP contribution in [0.2, 0.25) is 0 Å². The van der Waals surface area contributed by atoms with Gasteiger partial charge in [-0.25, -0.2) is 0 Å². The second-order valence-corrected chi connectivity index (χ2v) is 6.90. The fourth-order valence-electron chi connectivity index (χ4n) is 2.72. The van der Waals surface area contributed by atoms with Gasteiger partial charge in [0.05, 0.1) is 0 Å². The highest BCUT2D eigenvalue weighted by Gasteiger charge is 2.27. The Bertz CT molecular complexity index is 1130. The molecule has 2 aromatic carbocycles. The Morgan fingerprint density at radius 3 is 2.48 bits per heavy atom. The zero-order valence-corrected chi connectivity index (χ0v) is 13.4. The van der Waals surface area contributed by atoms with E-state index in [2.05, 4.69) is 10.5 Å². The molecule has 2 aliphatic rings. The number of nitrogens with zero attached hydrogens (tertiary/aromatic N) is 1. The van der Waals surface area contributed by atoms with Crippen molar-refractivity contribution in [2.24, 2.45) is 5.16 Å². The third-order valence-electron chi connectivity index (χ3n) is 3.84. The third-order valence-corrected chi connectivity index (χ3v) is 5.01. The van der Waals surface area contributed by atoms with Crippen LogP contribution in [0.1, 0.15) is 10.4 Å². The lowest BCUT2D eigenvalue weighted by molar-refractivity contribution is -0.110. The summed E-state index contributed by atoms with van der Waals surface area (Å²) in [6.45, 7) is 0. The van der Waals surface area contributed by atoms with Gasteiger partial charge in [0.2, 0.25) is 0 Å². The van der Waals surface area contributed by atoms with Crippen molar-refractivity contribution in [1.29, 1.82) is 0 Å². The van der Waals surface area contributed by atoms with E-state index in [4.69, 9.17) is 4.28 Å². The Labute approximate surface area is 142 Å². The molecule has 0 bridgehead atoms. The fraction of sp³-hybridized carbons (Fsp3) is 0. The van der Waals surface area contributed by atoms with Crippen LogP contribution in [-0.4, -0.2) is 25.8 Å². The number of carbonyl (C=O) groups is 2. The van der Waals surface area contributed by atoms with Crippen molar-refractivity contribution in [2.75, 3.05) is 5.32 Å². The first-order chi connectivity index (χ1) is 12.0. The van der Waals surface area contributed by atoms with Gasteiger partial charge in [-0.2, -0.15) is 8.42 Å². The van der Waals surface area contributed by atoms with E-state index in [1.807, 2.05) is 0 Å². The van der Waals surface area contributed by atoms with E-state index in [1.54, 1.807) is 18.2 Å². The topological polar surface area (TPSA) is 102 Å². The van der Waals surface area contributed by atoms with Crippen LogP contribution in [-0.2, 0) is 19.2 Å². The van der Waals surface area contributed by atoms with Gasteiger partial charge in [0, 0.05) is 22.0 Å². The quantitative estimate of drug-likeness (QED) is 0.672. The predicted octanol–water partition coefficient (Wildman–Crippen LogP) is 2.16. The first kappa shape index (κ1) is 15.3. The van der Waals surface area contributed by atoms with Gasteiger partial charge in [-0.1, -0.05) is 17.3 Å². The average molecular weight is 354 g/mol. The number of amides is 1. The van der Waals surface area contributed by atoms with Crippen LogP contribution < -0.4 is 5.32 Å². The van der Waals surface area contributed by atoms with Crippen molar-refractivity contribution < 1.29 is 22.3 Å². The number of hydrogen-bond acceptors (Lipinski definition) is 6. The molecule has 4 rings (SSSR count). The number of hydrogen-bond donors (Lipinski definition) is 1. The molecule has 2 aromatic rings.